The topological polar surface area (TPSA) is 114 Å². The molecule has 3 aromatic rings. The molecule has 0 unspecified atom stereocenters. The van der Waals surface area contributed by atoms with E-state index >= 15 is 0 Å². The van der Waals surface area contributed by atoms with Gasteiger partial charge >= 0.3 is 6.03 Å². The lowest BCUT2D eigenvalue weighted by Gasteiger charge is -2.35. The van der Waals surface area contributed by atoms with E-state index in [0.717, 1.165) is 13.1 Å². The maximum Gasteiger partial charge on any atom is 0.321 e. The highest BCUT2D eigenvalue weighted by molar-refractivity contribution is 6.32. The van der Waals surface area contributed by atoms with Gasteiger partial charge in [0.2, 0.25) is 17.8 Å². The van der Waals surface area contributed by atoms with Crippen LogP contribution in [0.15, 0.2) is 36.9 Å². The molecule has 0 bridgehead atoms. The van der Waals surface area contributed by atoms with Crippen LogP contribution < -0.4 is 19.9 Å². The second-order valence-corrected chi connectivity index (χ2v) is 8.47. The molecule has 13 heteroatoms. The molecule has 2 aromatic heterocycles. The maximum atomic E-state index is 12.8. The highest BCUT2D eigenvalue weighted by Gasteiger charge is 2.25. The van der Waals surface area contributed by atoms with Crippen molar-refractivity contribution in [3.63, 3.8) is 0 Å². The number of imidazole rings is 1. The highest BCUT2D eigenvalue weighted by Crippen LogP contribution is 2.27. The predicted octanol–water partition coefficient (Wildman–Crippen LogP) is 1.91. The third-order valence-electron chi connectivity index (χ3n) is 5.88. The summed E-state index contributed by atoms with van der Waals surface area (Å²) in [5.41, 5.74) is 0.612. The number of ether oxygens (including phenoxy) is 2. The van der Waals surface area contributed by atoms with Crippen molar-refractivity contribution < 1.29 is 14.3 Å². The number of morpholine rings is 1. The van der Waals surface area contributed by atoms with Crippen molar-refractivity contribution in [2.75, 3.05) is 74.7 Å². The number of piperazine rings is 1. The second kappa shape index (κ2) is 10.3. The van der Waals surface area contributed by atoms with Gasteiger partial charge < -0.3 is 29.5 Å². The summed E-state index contributed by atoms with van der Waals surface area (Å²) in [6.45, 7) is 4.93. The van der Waals surface area contributed by atoms with E-state index in [0.29, 0.717) is 73.7 Å². The molecule has 35 heavy (non-hydrogen) atoms. The van der Waals surface area contributed by atoms with Gasteiger partial charge in [0.1, 0.15) is 12.1 Å². The Morgan fingerprint density at radius 3 is 2.31 bits per heavy atom. The fourth-order valence-corrected chi connectivity index (χ4v) is 4.20. The Kier molecular flexibility index (Phi) is 6.82. The van der Waals surface area contributed by atoms with Crippen molar-refractivity contribution >= 4 is 35.2 Å². The van der Waals surface area contributed by atoms with Crippen LogP contribution in [0.4, 0.5) is 22.4 Å². The van der Waals surface area contributed by atoms with Gasteiger partial charge in [0.05, 0.1) is 25.3 Å². The maximum absolute atomic E-state index is 12.8. The highest BCUT2D eigenvalue weighted by atomic mass is 35.5. The number of benzene rings is 1. The molecule has 2 fully saturated rings. The van der Waals surface area contributed by atoms with Gasteiger partial charge in [-0.2, -0.15) is 15.0 Å². The van der Waals surface area contributed by atoms with Gasteiger partial charge in [-0.25, -0.2) is 9.78 Å². The number of aromatic nitrogens is 5. The first kappa shape index (κ1) is 23.1. The van der Waals surface area contributed by atoms with Crippen molar-refractivity contribution in [2.45, 2.75) is 0 Å². The Morgan fingerprint density at radius 1 is 1.00 bits per heavy atom. The summed E-state index contributed by atoms with van der Waals surface area (Å²) >= 11 is 6.17. The summed E-state index contributed by atoms with van der Waals surface area (Å²) in [7, 11) is 1.55. The van der Waals surface area contributed by atoms with Crippen molar-refractivity contribution in [1.82, 2.24) is 29.4 Å². The predicted molar refractivity (Wildman–Crippen MR) is 131 cm³/mol. The van der Waals surface area contributed by atoms with E-state index in [2.05, 4.69) is 30.1 Å². The van der Waals surface area contributed by atoms with Crippen molar-refractivity contribution in [3.8, 4) is 11.7 Å². The van der Waals surface area contributed by atoms with Crippen LogP contribution in [0.5, 0.6) is 5.75 Å². The zero-order valence-corrected chi connectivity index (χ0v) is 20.1. The van der Waals surface area contributed by atoms with E-state index in [1.165, 1.54) is 0 Å². The van der Waals surface area contributed by atoms with Crippen LogP contribution in [-0.2, 0) is 4.74 Å². The number of urea groups is 1. The van der Waals surface area contributed by atoms with Gasteiger partial charge in [0.15, 0.2) is 0 Å². The van der Waals surface area contributed by atoms with Crippen LogP contribution in [0, 0.1) is 0 Å². The zero-order valence-electron chi connectivity index (χ0n) is 19.3. The number of anilines is 3. The normalized spacial score (nSPS) is 16.3. The van der Waals surface area contributed by atoms with Crippen molar-refractivity contribution in [1.29, 1.82) is 0 Å². The van der Waals surface area contributed by atoms with Crippen molar-refractivity contribution in [3.05, 3.63) is 41.9 Å². The molecular weight excluding hydrogens is 474 g/mol. The number of carbonyl (C=O) groups is 1. The van der Waals surface area contributed by atoms with Gasteiger partial charge in [-0.3, -0.25) is 4.57 Å². The summed E-state index contributed by atoms with van der Waals surface area (Å²) in [6, 6.07) is 4.97. The van der Waals surface area contributed by atoms with Crippen molar-refractivity contribution in [2.24, 2.45) is 0 Å². The number of nitrogens with zero attached hydrogens (tertiary/aromatic N) is 8. The van der Waals surface area contributed by atoms with Crippen LogP contribution in [0.3, 0.4) is 0 Å². The van der Waals surface area contributed by atoms with E-state index < -0.39 is 0 Å². The van der Waals surface area contributed by atoms with Crippen LogP contribution in [0.1, 0.15) is 0 Å². The van der Waals surface area contributed by atoms with E-state index in [-0.39, 0.29) is 6.03 Å². The molecule has 1 aromatic carbocycles. The summed E-state index contributed by atoms with van der Waals surface area (Å²) in [5, 5.41) is 3.34. The van der Waals surface area contributed by atoms with Gasteiger partial charge in [0.25, 0.3) is 0 Å². The summed E-state index contributed by atoms with van der Waals surface area (Å²) in [6.07, 6.45) is 5.15. The summed E-state index contributed by atoms with van der Waals surface area (Å²) in [4.78, 5) is 36.9. The fourth-order valence-electron chi connectivity index (χ4n) is 3.94. The third kappa shape index (κ3) is 5.23. The monoisotopic (exact) mass is 499 g/mol. The van der Waals surface area contributed by atoms with E-state index in [9.17, 15) is 4.79 Å². The largest absolute Gasteiger partial charge is 0.495 e. The Morgan fingerprint density at radius 2 is 1.69 bits per heavy atom. The van der Waals surface area contributed by atoms with Gasteiger partial charge in [-0.05, 0) is 18.2 Å². The zero-order chi connectivity index (χ0) is 24.2. The third-order valence-corrected chi connectivity index (χ3v) is 6.18. The van der Waals surface area contributed by atoms with E-state index in [1.54, 1.807) is 53.5 Å². The van der Waals surface area contributed by atoms with E-state index in [1.807, 2.05) is 0 Å². The minimum Gasteiger partial charge on any atom is -0.495 e. The molecule has 0 aliphatic carbocycles. The number of hydrogen-bond acceptors (Lipinski definition) is 9. The number of rotatable bonds is 5. The Labute approximate surface area is 207 Å². The SMILES string of the molecule is COc1ccc(NC(=O)N2CCN(c3nc(N4CCOCC4)nc(-n4ccnc4)n3)CC2)cc1Cl. The summed E-state index contributed by atoms with van der Waals surface area (Å²) in [5.74, 6) is 2.25. The van der Waals surface area contributed by atoms with Crippen LogP contribution >= 0.6 is 11.6 Å². The standard InChI is InChI=1S/C22H26ClN9O3/c1-34-18-3-2-16(14-17(18)23)25-22(33)31-8-6-29(7-9-31)19-26-20(30-10-12-35-13-11-30)28-21(27-19)32-5-4-24-15-32/h2-5,14-15H,6-13H2,1H3,(H,25,33). The lowest BCUT2D eigenvalue weighted by Crippen LogP contribution is -2.50. The molecule has 1 N–H and O–H groups in total. The molecule has 2 amide bonds. The fraction of sp³-hybridized carbons (Fsp3) is 0.409. The van der Waals surface area contributed by atoms with Crippen LogP contribution in [-0.4, -0.2) is 95.0 Å². The number of hydrogen-bond donors (Lipinski definition) is 1. The minimum atomic E-state index is -0.186. The Bertz CT molecular complexity index is 1160. The first-order chi connectivity index (χ1) is 17.1. The molecule has 4 heterocycles. The number of nitrogens with one attached hydrogen (secondary N) is 1. The Balaban J connectivity index is 1.28. The molecule has 0 saturated carbocycles. The first-order valence-electron chi connectivity index (χ1n) is 11.3. The second-order valence-electron chi connectivity index (χ2n) is 8.06. The molecule has 184 valence electrons. The molecule has 0 atom stereocenters. The van der Waals surface area contributed by atoms with Gasteiger partial charge in [-0.15, -0.1) is 0 Å². The number of methoxy groups -OCH3 is 1. The molecule has 5 rings (SSSR count). The molecular formula is C22H26ClN9O3. The lowest BCUT2D eigenvalue weighted by atomic mass is 10.3. The summed E-state index contributed by atoms with van der Waals surface area (Å²) < 4.78 is 12.4. The quantitative estimate of drug-likeness (QED) is 0.562. The number of amides is 2. The molecule has 0 spiro atoms. The van der Waals surface area contributed by atoms with Crippen LogP contribution in [0.25, 0.3) is 5.95 Å². The smallest absolute Gasteiger partial charge is 0.321 e. The average molecular weight is 500 g/mol. The average Bonchev–Trinajstić information content (AvgIpc) is 3.44. The molecule has 2 aliphatic heterocycles. The lowest BCUT2D eigenvalue weighted by molar-refractivity contribution is 0.122. The Hall–Kier alpha value is -3.64. The number of halogens is 1. The number of carbonyl (C=O) groups excluding carboxylic acids is 1. The van der Waals surface area contributed by atoms with Gasteiger partial charge in [-0.1, -0.05) is 11.6 Å². The first-order valence-corrected chi connectivity index (χ1v) is 11.7. The van der Waals surface area contributed by atoms with Gasteiger partial charge in [0, 0.05) is 57.3 Å². The molecule has 12 nitrogen and oxygen atoms in total. The van der Waals surface area contributed by atoms with E-state index in [4.69, 9.17) is 26.1 Å². The molecule has 2 aliphatic rings. The molecule has 2 saturated heterocycles. The minimum absolute atomic E-state index is 0.186. The molecule has 0 radical (unpaired) electrons. The van der Waals surface area contributed by atoms with Crippen LogP contribution in [0.2, 0.25) is 5.02 Å².